The zero-order valence-corrected chi connectivity index (χ0v) is 7.37. The molecule has 0 fully saturated rings. The van der Waals surface area contributed by atoms with Crippen molar-refractivity contribution in [1.29, 1.82) is 0 Å². The van der Waals surface area contributed by atoms with Gasteiger partial charge >= 0.3 is 0 Å². The number of nitrogens with zero attached hydrogens (tertiary/aromatic N) is 1. The summed E-state index contributed by atoms with van der Waals surface area (Å²) < 4.78 is 0. The molecular weight excluding hydrogens is 154 g/mol. The largest absolute Gasteiger partial charge is 0.506 e. The molecule has 1 aliphatic carbocycles. The number of rotatable bonds is 1. The van der Waals surface area contributed by atoms with Crippen LogP contribution in [0.5, 0.6) is 0 Å². The van der Waals surface area contributed by atoms with Gasteiger partial charge in [0.05, 0.1) is 5.70 Å². The number of carbonyl (C=O) groups excluding carboxylic acids is 1. The Morgan fingerprint density at radius 2 is 2.08 bits per heavy atom. The topological polar surface area (TPSA) is 40.5 Å². The van der Waals surface area contributed by atoms with Crippen LogP contribution in [-0.2, 0) is 4.79 Å². The monoisotopic (exact) mass is 167 g/mol. The second-order valence-corrected chi connectivity index (χ2v) is 2.83. The van der Waals surface area contributed by atoms with Gasteiger partial charge in [0.2, 0.25) is 5.91 Å². The fraction of sp³-hybridized carbons (Fsp3) is 0.444. The van der Waals surface area contributed by atoms with Crippen molar-refractivity contribution in [1.82, 2.24) is 4.90 Å². The van der Waals surface area contributed by atoms with E-state index in [0.717, 1.165) is 12.8 Å². The maximum atomic E-state index is 10.9. The SMILES string of the molecule is CC(=O)N(C)C1=CCCC=C1O. The van der Waals surface area contributed by atoms with E-state index in [-0.39, 0.29) is 11.7 Å². The number of amides is 1. The van der Waals surface area contributed by atoms with E-state index in [0.29, 0.717) is 5.70 Å². The molecule has 3 heteroatoms. The summed E-state index contributed by atoms with van der Waals surface area (Å²) in [5, 5.41) is 9.39. The third kappa shape index (κ3) is 1.67. The maximum absolute atomic E-state index is 10.9. The van der Waals surface area contributed by atoms with Crippen LogP contribution in [0.1, 0.15) is 19.8 Å². The first-order valence-corrected chi connectivity index (χ1v) is 3.97. The summed E-state index contributed by atoms with van der Waals surface area (Å²) >= 11 is 0. The highest BCUT2D eigenvalue weighted by molar-refractivity contribution is 5.75. The number of allylic oxidation sites excluding steroid dienone is 2. The standard InChI is InChI=1S/C9H13NO2/c1-7(11)10(2)8-5-3-4-6-9(8)12/h5-6,12H,3-4H2,1-2H3. The van der Waals surface area contributed by atoms with Crippen molar-refractivity contribution in [3.05, 3.63) is 23.6 Å². The van der Waals surface area contributed by atoms with Crippen molar-refractivity contribution in [2.24, 2.45) is 0 Å². The van der Waals surface area contributed by atoms with E-state index in [2.05, 4.69) is 0 Å². The third-order valence-corrected chi connectivity index (χ3v) is 1.94. The molecule has 3 nitrogen and oxygen atoms in total. The van der Waals surface area contributed by atoms with E-state index in [1.165, 1.54) is 11.8 Å². The first-order valence-electron chi connectivity index (χ1n) is 3.97. The van der Waals surface area contributed by atoms with Crippen LogP contribution >= 0.6 is 0 Å². The van der Waals surface area contributed by atoms with Gasteiger partial charge in [-0.2, -0.15) is 0 Å². The summed E-state index contributed by atoms with van der Waals surface area (Å²) in [6.07, 6.45) is 5.34. The molecule has 1 aliphatic rings. The smallest absolute Gasteiger partial charge is 0.223 e. The third-order valence-electron chi connectivity index (χ3n) is 1.94. The number of aliphatic hydroxyl groups is 1. The Kier molecular flexibility index (Phi) is 2.53. The highest BCUT2D eigenvalue weighted by Gasteiger charge is 2.14. The van der Waals surface area contributed by atoms with Gasteiger partial charge in [0.15, 0.2) is 0 Å². The molecule has 0 aromatic carbocycles. The zero-order chi connectivity index (χ0) is 9.14. The quantitative estimate of drug-likeness (QED) is 0.644. The van der Waals surface area contributed by atoms with Crippen LogP contribution < -0.4 is 0 Å². The second-order valence-electron chi connectivity index (χ2n) is 2.83. The normalized spacial score (nSPS) is 16.5. The first-order chi connectivity index (χ1) is 5.63. The molecule has 0 atom stereocenters. The molecule has 0 aliphatic heterocycles. The summed E-state index contributed by atoms with van der Waals surface area (Å²) in [6, 6.07) is 0. The van der Waals surface area contributed by atoms with Crippen molar-refractivity contribution in [2.45, 2.75) is 19.8 Å². The molecule has 1 rings (SSSR count). The maximum Gasteiger partial charge on any atom is 0.223 e. The minimum absolute atomic E-state index is 0.0666. The van der Waals surface area contributed by atoms with E-state index in [1.54, 1.807) is 13.1 Å². The lowest BCUT2D eigenvalue weighted by molar-refractivity contribution is -0.125. The van der Waals surface area contributed by atoms with Crippen LogP contribution in [0.4, 0.5) is 0 Å². The summed E-state index contributed by atoms with van der Waals surface area (Å²) in [4.78, 5) is 12.4. The summed E-state index contributed by atoms with van der Waals surface area (Å²) in [6.45, 7) is 1.47. The summed E-state index contributed by atoms with van der Waals surface area (Å²) in [7, 11) is 1.66. The van der Waals surface area contributed by atoms with Crippen LogP contribution in [0.2, 0.25) is 0 Å². The Labute approximate surface area is 72.0 Å². The molecule has 0 saturated carbocycles. The average molecular weight is 167 g/mol. The molecule has 66 valence electrons. The van der Waals surface area contributed by atoms with Crippen molar-refractivity contribution in [2.75, 3.05) is 7.05 Å². The Balaban J connectivity index is 2.80. The molecule has 0 radical (unpaired) electrons. The van der Waals surface area contributed by atoms with Crippen molar-refractivity contribution < 1.29 is 9.90 Å². The number of hydrogen-bond acceptors (Lipinski definition) is 2. The van der Waals surface area contributed by atoms with Gasteiger partial charge in [0, 0.05) is 14.0 Å². The van der Waals surface area contributed by atoms with Gasteiger partial charge in [-0.3, -0.25) is 4.79 Å². The molecule has 0 heterocycles. The van der Waals surface area contributed by atoms with Gasteiger partial charge < -0.3 is 10.0 Å². The van der Waals surface area contributed by atoms with Gasteiger partial charge in [-0.15, -0.1) is 0 Å². The molecule has 1 amide bonds. The highest BCUT2D eigenvalue weighted by Crippen LogP contribution is 2.18. The Morgan fingerprint density at radius 3 is 2.58 bits per heavy atom. The molecule has 0 bridgehead atoms. The molecule has 12 heavy (non-hydrogen) atoms. The van der Waals surface area contributed by atoms with Crippen LogP contribution in [0.15, 0.2) is 23.6 Å². The summed E-state index contributed by atoms with van der Waals surface area (Å²) in [5.74, 6) is 0.141. The Morgan fingerprint density at radius 1 is 1.50 bits per heavy atom. The minimum atomic E-state index is -0.0666. The number of hydrogen-bond donors (Lipinski definition) is 1. The minimum Gasteiger partial charge on any atom is -0.506 e. The second kappa shape index (κ2) is 3.43. The van der Waals surface area contributed by atoms with Gasteiger partial charge in [-0.25, -0.2) is 0 Å². The number of likely N-dealkylation sites (N-methyl/N-ethyl adjacent to an activating group) is 1. The Bertz CT molecular complexity index is 253. The van der Waals surface area contributed by atoms with Crippen molar-refractivity contribution >= 4 is 5.91 Å². The van der Waals surface area contributed by atoms with Crippen molar-refractivity contribution in [3.63, 3.8) is 0 Å². The van der Waals surface area contributed by atoms with E-state index >= 15 is 0 Å². The lowest BCUT2D eigenvalue weighted by Gasteiger charge is -2.20. The highest BCUT2D eigenvalue weighted by atomic mass is 16.3. The van der Waals surface area contributed by atoms with Crippen LogP contribution in [0, 0.1) is 0 Å². The van der Waals surface area contributed by atoms with Gasteiger partial charge in [0.1, 0.15) is 5.76 Å². The predicted octanol–water partition coefficient (Wildman–Crippen LogP) is 1.58. The molecule has 0 spiro atoms. The van der Waals surface area contributed by atoms with Crippen molar-refractivity contribution in [3.8, 4) is 0 Å². The molecule has 0 aromatic rings. The predicted molar refractivity (Wildman–Crippen MR) is 46.5 cm³/mol. The lowest BCUT2D eigenvalue weighted by Crippen LogP contribution is -2.25. The van der Waals surface area contributed by atoms with Gasteiger partial charge in [-0.1, -0.05) is 6.08 Å². The van der Waals surface area contributed by atoms with Gasteiger partial charge in [-0.05, 0) is 18.9 Å². The van der Waals surface area contributed by atoms with Crippen LogP contribution in [0.3, 0.4) is 0 Å². The average Bonchev–Trinajstić information content (AvgIpc) is 2.04. The molecule has 0 aromatic heterocycles. The zero-order valence-electron chi connectivity index (χ0n) is 7.37. The van der Waals surface area contributed by atoms with E-state index in [4.69, 9.17) is 0 Å². The molecular formula is C9H13NO2. The molecule has 0 unspecified atom stereocenters. The number of carbonyl (C=O) groups is 1. The molecule has 0 saturated heterocycles. The van der Waals surface area contributed by atoms with E-state index in [1.807, 2.05) is 6.08 Å². The summed E-state index contributed by atoms with van der Waals surface area (Å²) in [5.41, 5.74) is 0.619. The van der Waals surface area contributed by atoms with E-state index < -0.39 is 0 Å². The number of aliphatic hydroxyl groups excluding tert-OH is 1. The molecule has 1 N–H and O–H groups in total. The fourth-order valence-corrected chi connectivity index (χ4v) is 1.13. The van der Waals surface area contributed by atoms with Crippen LogP contribution in [-0.4, -0.2) is 23.0 Å². The Hall–Kier alpha value is -1.25. The lowest BCUT2D eigenvalue weighted by atomic mass is 10.1. The van der Waals surface area contributed by atoms with E-state index in [9.17, 15) is 9.90 Å². The van der Waals surface area contributed by atoms with Crippen LogP contribution in [0.25, 0.3) is 0 Å². The first kappa shape index (κ1) is 8.84. The fourth-order valence-electron chi connectivity index (χ4n) is 1.13. The van der Waals surface area contributed by atoms with Gasteiger partial charge in [0.25, 0.3) is 0 Å².